The van der Waals surface area contributed by atoms with E-state index in [9.17, 15) is 4.39 Å². The topological polar surface area (TPSA) is 38.9 Å². The van der Waals surface area contributed by atoms with E-state index in [1.807, 2.05) is 30.3 Å². The normalized spacial score (nSPS) is 10.6. The molecule has 3 rings (SSSR count). The molecule has 3 aromatic rings. The second-order valence-electron chi connectivity index (χ2n) is 3.91. The van der Waals surface area contributed by atoms with Crippen molar-refractivity contribution in [2.45, 2.75) is 0 Å². The van der Waals surface area contributed by atoms with E-state index in [1.165, 1.54) is 18.2 Å². The van der Waals surface area contributed by atoms with Crippen molar-refractivity contribution in [2.24, 2.45) is 0 Å². The zero-order valence-electron chi connectivity index (χ0n) is 9.68. The molecule has 5 heteroatoms. The van der Waals surface area contributed by atoms with Gasteiger partial charge in [-0.15, -0.1) is 0 Å². The summed E-state index contributed by atoms with van der Waals surface area (Å²) in [7, 11) is 0. The monoisotopic (exact) mass is 274 g/mol. The first-order chi connectivity index (χ1) is 9.24. The number of aromatic nitrogens is 2. The Kier molecular flexibility index (Phi) is 3.01. The van der Waals surface area contributed by atoms with Gasteiger partial charge >= 0.3 is 0 Å². The summed E-state index contributed by atoms with van der Waals surface area (Å²) in [5, 5.41) is 4.13. The molecule has 2 aromatic carbocycles. The van der Waals surface area contributed by atoms with Crippen molar-refractivity contribution >= 4 is 11.6 Å². The Hall–Kier alpha value is -2.20. The summed E-state index contributed by atoms with van der Waals surface area (Å²) in [6.45, 7) is 0. The predicted molar refractivity (Wildman–Crippen MR) is 70.1 cm³/mol. The SMILES string of the molecule is Fc1ccc(-c2nc(-c3ccccc3)no2)c(Cl)c1. The van der Waals surface area contributed by atoms with Crippen LogP contribution >= 0.6 is 11.6 Å². The zero-order valence-corrected chi connectivity index (χ0v) is 10.4. The van der Waals surface area contributed by atoms with Crippen molar-refractivity contribution in [2.75, 3.05) is 0 Å². The summed E-state index contributed by atoms with van der Waals surface area (Å²) in [6.07, 6.45) is 0. The van der Waals surface area contributed by atoms with Gasteiger partial charge < -0.3 is 4.52 Å². The fraction of sp³-hybridized carbons (Fsp3) is 0. The van der Waals surface area contributed by atoms with Gasteiger partial charge in [-0.3, -0.25) is 0 Å². The van der Waals surface area contributed by atoms with Gasteiger partial charge in [-0.1, -0.05) is 47.1 Å². The molecule has 0 spiro atoms. The molecule has 0 unspecified atom stereocenters. The summed E-state index contributed by atoms with van der Waals surface area (Å²) in [4.78, 5) is 4.26. The van der Waals surface area contributed by atoms with Crippen molar-refractivity contribution in [1.29, 1.82) is 0 Å². The van der Waals surface area contributed by atoms with Crippen LogP contribution in [0.1, 0.15) is 0 Å². The van der Waals surface area contributed by atoms with E-state index < -0.39 is 5.82 Å². The Morgan fingerprint density at radius 1 is 1.05 bits per heavy atom. The highest BCUT2D eigenvalue weighted by molar-refractivity contribution is 6.33. The van der Waals surface area contributed by atoms with Crippen LogP contribution in [-0.4, -0.2) is 10.1 Å². The second kappa shape index (κ2) is 4.82. The predicted octanol–water partition coefficient (Wildman–Crippen LogP) is 4.20. The van der Waals surface area contributed by atoms with Crippen molar-refractivity contribution < 1.29 is 8.91 Å². The number of rotatable bonds is 2. The van der Waals surface area contributed by atoms with Gasteiger partial charge in [0.05, 0.1) is 10.6 Å². The molecule has 0 amide bonds. The molecule has 0 saturated carbocycles. The lowest BCUT2D eigenvalue weighted by Gasteiger charge is -1.97. The van der Waals surface area contributed by atoms with Crippen LogP contribution in [0.5, 0.6) is 0 Å². The van der Waals surface area contributed by atoms with Crippen LogP contribution < -0.4 is 0 Å². The van der Waals surface area contributed by atoms with Gasteiger partial charge in [-0.25, -0.2) is 4.39 Å². The number of hydrogen-bond acceptors (Lipinski definition) is 3. The minimum absolute atomic E-state index is 0.239. The summed E-state index contributed by atoms with van der Waals surface area (Å²) >= 11 is 5.95. The molecule has 19 heavy (non-hydrogen) atoms. The summed E-state index contributed by atoms with van der Waals surface area (Å²) in [5.41, 5.74) is 1.36. The van der Waals surface area contributed by atoms with Crippen molar-refractivity contribution in [1.82, 2.24) is 10.1 Å². The van der Waals surface area contributed by atoms with Crippen LogP contribution in [-0.2, 0) is 0 Å². The van der Waals surface area contributed by atoms with Crippen LogP contribution in [0.2, 0.25) is 5.02 Å². The third-order valence-corrected chi connectivity index (χ3v) is 2.93. The minimum atomic E-state index is -0.406. The summed E-state index contributed by atoms with van der Waals surface area (Å²) < 4.78 is 18.1. The minimum Gasteiger partial charge on any atom is -0.334 e. The highest BCUT2D eigenvalue weighted by atomic mass is 35.5. The molecule has 3 nitrogen and oxygen atoms in total. The first-order valence-electron chi connectivity index (χ1n) is 5.58. The molecule has 0 aliphatic rings. The fourth-order valence-corrected chi connectivity index (χ4v) is 1.95. The van der Waals surface area contributed by atoms with Gasteiger partial charge in [0, 0.05) is 5.56 Å². The van der Waals surface area contributed by atoms with Crippen molar-refractivity contribution in [3.63, 3.8) is 0 Å². The Balaban J connectivity index is 2.02. The number of hydrogen-bond donors (Lipinski definition) is 0. The van der Waals surface area contributed by atoms with E-state index in [0.717, 1.165) is 5.56 Å². The molecule has 0 radical (unpaired) electrons. The molecule has 0 N–H and O–H groups in total. The van der Waals surface area contributed by atoms with Crippen molar-refractivity contribution in [3.8, 4) is 22.8 Å². The fourth-order valence-electron chi connectivity index (χ4n) is 1.70. The van der Waals surface area contributed by atoms with Crippen LogP contribution in [0.4, 0.5) is 4.39 Å². The molecule has 1 heterocycles. The third kappa shape index (κ3) is 2.35. The number of nitrogens with zero attached hydrogens (tertiary/aromatic N) is 2. The molecule has 0 atom stereocenters. The first-order valence-corrected chi connectivity index (χ1v) is 5.96. The zero-order chi connectivity index (χ0) is 13.2. The highest BCUT2D eigenvalue weighted by Gasteiger charge is 2.13. The number of halogens is 2. The molecule has 1 aromatic heterocycles. The maximum Gasteiger partial charge on any atom is 0.259 e. The van der Waals surface area contributed by atoms with E-state index in [4.69, 9.17) is 16.1 Å². The Bertz CT molecular complexity index is 712. The van der Waals surface area contributed by atoms with Gasteiger partial charge in [0.15, 0.2) is 0 Å². The molecule has 0 fully saturated rings. The maximum absolute atomic E-state index is 13.0. The van der Waals surface area contributed by atoms with Crippen molar-refractivity contribution in [3.05, 3.63) is 59.4 Å². The lowest BCUT2D eigenvalue weighted by Crippen LogP contribution is -1.83. The van der Waals surface area contributed by atoms with Crippen LogP contribution in [0.3, 0.4) is 0 Å². The van der Waals surface area contributed by atoms with E-state index in [0.29, 0.717) is 11.4 Å². The molecular formula is C14H8ClFN2O. The van der Waals surface area contributed by atoms with E-state index in [-0.39, 0.29) is 10.9 Å². The standard InChI is InChI=1S/C14H8ClFN2O/c15-12-8-10(16)6-7-11(12)14-17-13(18-19-14)9-4-2-1-3-5-9/h1-8H. The quantitative estimate of drug-likeness (QED) is 0.703. The smallest absolute Gasteiger partial charge is 0.259 e. The first kappa shape index (κ1) is 11.9. The Morgan fingerprint density at radius 2 is 1.84 bits per heavy atom. The van der Waals surface area contributed by atoms with Crippen LogP contribution in [0.25, 0.3) is 22.8 Å². The Labute approximate surface area is 113 Å². The van der Waals surface area contributed by atoms with Crippen LogP contribution in [0.15, 0.2) is 53.1 Å². The second-order valence-corrected chi connectivity index (χ2v) is 4.32. The van der Waals surface area contributed by atoms with Gasteiger partial charge in [0.2, 0.25) is 5.82 Å². The Morgan fingerprint density at radius 3 is 2.58 bits per heavy atom. The molecule has 0 aliphatic heterocycles. The maximum atomic E-state index is 13.0. The molecule has 0 bridgehead atoms. The highest BCUT2D eigenvalue weighted by Crippen LogP contribution is 2.28. The lowest BCUT2D eigenvalue weighted by molar-refractivity contribution is 0.432. The molecule has 94 valence electrons. The molecular weight excluding hydrogens is 267 g/mol. The van der Waals surface area contributed by atoms with Gasteiger partial charge in [0.1, 0.15) is 5.82 Å². The third-order valence-electron chi connectivity index (χ3n) is 2.62. The summed E-state index contributed by atoms with van der Waals surface area (Å²) in [6, 6.07) is 13.5. The lowest BCUT2D eigenvalue weighted by atomic mass is 10.2. The van der Waals surface area contributed by atoms with Gasteiger partial charge in [0.25, 0.3) is 5.89 Å². The average Bonchev–Trinajstić information content (AvgIpc) is 2.89. The van der Waals surface area contributed by atoms with E-state index in [2.05, 4.69) is 10.1 Å². The number of benzene rings is 2. The van der Waals surface area contributed by atoms with Gasteiger partial charge in [-0.2, -0.15) is 4.98 Å². The summed E-state index contributed by atoms with van der Waals surface area (Å²) in [5.74, 6) is 0.330. The van der Waals surface area contributed by atoms with Gasteiger partial charge in [-0.05, 0) is 18.2 Å². The molecule has 0 aliphatic carbocycles. The molecule has 0 saturated heterocycles. The van der Waals surface area contributed by atoms with Crippen LogP contribution in [0, 0.1) is 5.82 Å². The largest absolute Gasteiger partial charge is 0.334 e. The van der Waals surface area contributed by atoms with E-state index in [1.54, 1.807) is 0 Å². The average molecular weight is 275 g/mol. The van der Waals surface area contributed by atoms with E-state index >= 15 is 0 Å².